The smallest absolute Gasteiger partial charge is 0.0881 e. The molecular weight excluding hydrogens is 238 g/mol. The van der Waals surface area contributed by atoms with E-state index in [9.17, 15) is 0 Å². The van der Waals surface area contributed by atoms with Crippen molar-refractivity contribution < 1.29 is 4.74 Å². The van der Waals surface area contributed by atoms with Gasteiger partial charge in [-0.15, -0.1) is 0 Å². The van der Waals surface area contributed by atoms with Crippen molar-refractivity contribution >= 4 is 0 Å². The van der Waals surface area contributed by atoms with E-state index in [4.69, 9.17) is 4.74 Å². The minimum Gasteiger partial charge on any atom is -0.378 e. The van der Waals surface area contributed by atoms with Crippen molar-refractivity contribution in [2.45, 2.75) is 31.8 Å². The molecule has 0 aliphatic carbocycles. The Balaban J connectivity index is 1.67. The van der Waals surface area contributed by atoms with E-state index in [0.717, 1.165) is 26.3 Å². The van der Waals surface area contributed by atoms with E-state index in [-0.39, 0.29) is 6.04 Å². The SMILES string of the molecule is Cn1c(CN2CCCCC2)ccc1C1COCC[N]1. The van der Waals surface area contributed by atoms with Gasteiger partial charge in [0.15, 0.2) is 0 Å². The molecule has 0 saturated carbocycles. The van der Waals surface area contributed by atoms with Crippen LogP contribution in [0.5, 0.6) is 0 Å². The number of rotatable bonds is 3. The summed E-state index contributed by atoms with van der Waals surface area (Å²) in [4.78, 5) is 2.57. The highest BCUT2D eigenvalue weighted by Crippen LogP contribution is 2.21. The molecule has 1 radical (unpaired) electrons. The van der Waals surface area contributed by atoms with Crippen molar-refractivity contribution in [1.29, 1.82) is 0 Å². The van der Waals surface area contributed by atoms with Crippen molar-refractivity contribution in [3.8, 4) is 0 Å². The molecule has 2 aliphatic rings. The predicted molar refractivity (Wildman–Crippen MR) is 75.1 cm³/mol. The molecule has 4 nitrogen and oxygen atoms in total. The first-order valence-corrected chi connectivity index (χ1v) is 7.46. The first kappa shape index (κ1) is 13.2. The second-order valence-electron chi connectivity index (χ2n) is 5.64. The van der Waals surface area contributed by atoms with Gasteiger partial charge in [-0.2, -0.15) is 0 Å². The Morgan fingerprint density at radius 1 is 1.26 bits per heavy atom. The zero-order chi connectivity index (χ0) is 13.1. The van der Waals surface area contributed by atoms with E-state index in [1.165, 1.54) is 43.7 Å². The quantitative estimate of drug-likeness (QED) is 0.830. The van der Waals surface area contributed by atoms with Crippen LogP contribution in [0.15, 0.2) is 12.1 Å². The third kappa shape index (κ3) is 3.02. The van der Waals surface area contributed by atoms with Crippen molar-refractivity contribution in [3.05, 3.63) is 23.5 Å². The van der Waals surface area contributed by atoms with Gasteiger partial charge in [0.2, 0.25) is 0 Å². The Bertz CT molecular complexity index is 404. The Morgan fingerprint density at radius 2 is 2.11 bits per heavy atom. The van der Waals surface area contributed by atoms with Crippen LogP contribution < -0.4 is 5.32 Å². The fraction of sp³-hybridized carbons (Fsp3) is 0.733. The Labute approximate surface area is 115 Å². The number of piperidine rings is 1. The summed E-state index contributed by atoms with van der Waals surface area (Å²) >= 11 is 0. The maximum absolute atomic E-state index is 5.53. The molecule has 1 atom stereocenters. The summed E-state index contributed by atoms with van der Waals surface area (Å²) in [7, 11) is 2.17. The standard InChI is InChI=1S/C15H24N3O/c1-17-13(11-18-8-3-2-4-9-18)5-6-15(17)14-12-19-10-7-16-14/h5-6,14H,2-4,7-12H2,1H3. The molecule has 1 aromatic heterocycles. The minimum atomic E-state index is 0.230. The number of ether oxygens (including phenoxy) is 1. The number of nitrogens with zero attached hydrogens (tertiary/aromatic N) is 3. The van der Waals surface area contributed by atoms with Crippen molar-refractivity contribution in [2.75, 3.05) is 32.8 Å². The molecule has 1 unspecified atom stereocenters. The lowest BCUT2D eigenvalue weighted by atomic mass is 10.1. The zero-order valence-corrected chi connectivity index (χ0v) is 11.8. The molecule has 0 bridgehead atoms. The van der Waals surface area contributed by atoms with Crippen LogP contribution in [-0.4, -0.2) is 42.3 Å². The van der Waals surface area contributed by atoms with Crippen molar-refractivity contribution in [2.24, 2.45) is 7.05 Å². The molecule has 3 heterocycles. The average Bonchev–Trinajstić information content (AvgIpc) is 2.82. The van der Waals surface area contributed by atoms with Crippen LogP contribution in [-0.2, 0) is 18.3 Å². The van der Waals surface area contributed by atoms with Crippen molar-refractivity contribution in [1.82, 2.24) is 14.8 Å². The van der Waals surface area contributed by atoms with E-state index in [1.807, 2.05) is 0 Å². The normalized spacial score (nSPS) is 25.6. The molecule has 0 N–H and O–H groups in total. The average molecular weight is 262 g/mol. The van der Waals surface area contributed by atoms with Crippen LogP contribution in [0.2, 0.25) is 0 Å². The van der Waals surface area contributed by atoms with E-state index < -0.39 is 0 Å². The van der Waals surface area contributed by atoms with Gasteiger partial charge in [0.1, 0.15) is 0 Å². The van der Waals surface area contributed by atoms with E-state index in [1.54, 1.807) is 0 Å². The molecule has 19 heavy (non-hydrogen) atoms. The summed E-state index contributed by atoms with van der Waals surface area (Å²) in [6.45, 7) is 5.92. The Morgan fingerprint density at radius 3 is 2.84 bits per heavy atom. The summed E-state index contributed by atoms with van der Waals surface area (Å²) in [5.74, 6) is 0. The second kappa shape index (κ2) is 6.07. The number of hydrogen-bond acceptors (Lipinski definition) is 2. The topological polar surface area (TPSA) is 31.5 Å². The second-order valence-corrected chi connectivity index (χ2v) is 5.64. The van der Waals surface area contributed by atoms with Gasteiger partial charge >= 0.3 is 0 Å². The van der Waals surface area contributed by atoms with Gasteiger partial charge in [-0.25, -0.2) is 5.32 Å². The van der Waals surface area contributed by atoms with Gasteiger partial charge < -0.3 is 9.30 Å². The molecule has 1 aromatic rings. The molecule has 0 aromatic carbocycles. The minimum absolute atomic E-state index is 0.230. The van der Waals surface area contributed by atoms with Crippen LogP contribution in [0.3, 0.4) is 0 Å². The van der Waals surface area contributed by atoms with Crippen LogP contribution in [0.25, 0.3) is 0 Å². The zero-order valence-electron chi connectivity index (χ0n) is 11.8. The molecule has 0 spiro atoms. The van der Waals surface area contributed by atoms with E-state index in [0.29, 0.717) is 0 Å². The van der Waals surface area contributed by atoms with Crippen LogP contribution in [0.4, 0.5) is 0 Å². The molecule has 2 fully saturated rings. The monoisotopic (exact) mass is 262 g/mol. The summed E-state index contributed by atoms with van der Waals surface area (Å²) < 4.78 is 7.85. The van der Waals surface area contributed by atoms with Gasteiger partial charge in [0.05, 0.1) is 19.3 Å². The van der Waals surface area contributed by atoms with Gasteiger partial charge in [0, 0.05) is 31.5 Å². The fourth-order valence-electron chi connectivity index (χ4n) is 3.11. The highest BCUT2D eigenvalue weighted by molar-refractivity contribution is 5.19. The third-order valence-corrected chi connectivity index (χ3v) is 4.30. The molecule has 3 rings (SSSR count). The van der Waals surface area contributed by atoms with Gasteiger partial charge in [-0.1, -0.05) is 6.42 Å². The number of aromatic nitrogens is 1. The summed E-state index contributed by atoms with van der Waals surface area (Å²) in [5, 5.41) is 4.66. The predicted octanol–water partition coefficient (Wildman–Crippen LogP) is 1.69. The Kier molecular flexibility index (Phi) is 4.21. The third-order valence-electron chi connectivity index (χ3n) is 4.30. The maximum atomic E-state index is 5.53. The number of morpholine rings is 1. The lowest BCUT2D eigenvalue weighted by molar-refractivity contribution is 0.0722. The number of likely N-dealkylation sites (tertiary alicyclic amines) is 1. The van der Waals surface area contributed by atoms with Crippen LogP contribution in [0, 0.1) is 0 Å². The maximum Gasteiger partial charge on any atom is 0.0881 e. The first-order valence-electron chi connectivity index (χ1n) is 7.46. The van der Waals surface area contributed by atoms with Crippen LogP contribution in [0.1, 0.15) is 36.7 Å². The molecule has 105 valence electrons. The van der Waals surface area contributed by atoms with Gasteiger partial charge in [-0.05, 0) is 38.1 Å². The molecule has 2 aliphatic heterocycles. The van der Waals surface area contributed by atoms with Gasteiger partial charge in [0.25, 0.3) is 0 Å². The molecule has 0 amide bonds. The summed E-state index contributed by atoms with van der Waals surface area (Å²) in [6.07, 6.45) is 4.10. The molecule has 2 saturated heterocycles. The van der Waals surface area contributed by atoms with Crippen LogP contribution >= 0.6 is 0 Å². The first-order chi connectivity index (χ1) is 9.34. The van der Waals surface area contributed by atoms with Gasteiger partial charge in [-0.3, -0.25) is 4.90 Å². The lowest BCUT2D eigenvalue weighted by Crippen LogP contribution is -2.32. The van der Waals surface area contributed by atoms with E-state index in [2.05, 4.69) is 34.0 Å². The Hall–Kier alpha value is -0.840. The highest BCUT2D eigenvalue weighted by Gasteiger charge is 2.21. The largest absolute Gasteiger partial charge is 0.378 e. The lowest BCUT2D eigenvalue weighted by Gasteiger charge is -2.27. The van der Waals surface area contributed by atoms with Crippen molar-refractivity contribution in [3.63, 3.8) is 0 Å². The van der Waals surface area contributed by atoms with E-state index >= 15 is 0 Å². The summed E-state index contributed by atoms with van der Waals surface area (Å²) in [5.41, 5.74) is 2.70. The number of hydrogen-bond donors (Lipinski definition) is 0. The fourth-order valence-corrected chi connectivity index (χ4v) is 3.11. The summed E-state index contributed by atoms with van der Waals surface area (Å²) in [6, 6.07) is 4.71. The highest BCUT2D eigenvalue weighted by atomic mass is 16.5. The molecule has 4 heteroatoms. The molecular formula is C15H24N3O.